The van der Waals surface area contributed by atoms with E-state index >= 15 is 0 Å². The summed E-state index contributed by atoms with van der Waals surface area (Å²) in [6.07, 6.45) is 2.55. The van der Waals surface area contributed by atoms with Crippen LogP contribution in [0.1, 0.15) is 127 Å². The average molecular weight is 780 g/mol. The monoisotopic (exact) mass is 780 g/mol. The molecular weight excluding hydrogens is 698 g/mol. The molecule has 1 aromatic heterocycles. The number of aliphatic hydroxyl groups excluding tert-OH is 2. The van der Waals surface area contributed by atoms with Crippen molar-refractivity contribution < 1.29 is 39.8 Å². The number of nitrogens with one attached hydrogen (secondary N) is 1. The number of nitrogens with zero attached hydrogens (tertiary/aromatic N) is 2. The van der Waals surface area contributed by atoms with Crippen molar-refractivity contribution in [2.45, 2.75) is 170 Å². The first-order valence-electron chi connectivity index (χ1n) is 20.8. The molecule has 0 saturated carbocycles. The van der Waals surface area contributed by atoms with E-state index in [0.29, 0.717) is 32.0 Å². The molecule has 55 heavy (non-hydrogen) atoms. The topological polar surface area (TPSA) is 165 Å². The summed E-state index contributed by atoms with van der Waals surface area (Å²) in [5, 5.41) is 57.4. The van der Waals surface area contributed by atoms with Gasteiger partial charge in [0.15, 0.2) is 12.1 Å². The first-order valence-corrected chi connectivity index (χ1v) is 20.8. The molecule has 6 N–H and O–H groups in total. The molecular formula is C44H81N3O8. The fraction of sp³-hybridized carbons (Fsp3) is 0.773. The Morgan fingerprint density at radius 1 is 0.982 bits per heavy atom. The number of carbonyl (C=O) groups excluding carboxylic acids is 1. The van der Waals surface area contributed by atoms with Crippen LogP contribution < -0.4 is 5.32 Å². The van der Waals surface area contributed by atoms with Crippen molar-refractivity contribution in [3.8, 4) is 0 Å². The first kappa shape index (κ1) is 52.9. The van der Waals surface area contributed by atoms with Gasteiger partial charge in [0.25, 0.3) is 0 Å². The predicted octanol–water partition coefficient (Wildman–Crippen LogP) is 6.70. The lowest BCUT2D eigenvalue weighted by Crippen LogP contribution is -2.58. The van der Waals surface area contributed by atoms with Gasteiger partial charge in [-0.1, -0.05) is 79.7 Å². The van der Waals surface area contributed by atoms with Crippen LogP contribution in [0, 0.1) is 23.7 Å². The number of aldehydes is 1. The van der Waals surface area contributed by atoms with Gasteiger partial charge < -0.3 is 45.1 Å². The number of hydrogen-bond donors (Lipinski definition) is 6. The van der Waals surface area contributed by atoms with E-state index in [-0.39, 0.29) is 36.7 Å². The molecule has 0 bridgehead atoms. The lowest BCUT2D eigenvalue weighted by Gasteiger charge is -2.42. The Hall–Kier alpha value is -2.06. The van der Waals surface area contributed by atoms with Crippen molar-refractivity contribution in [3.05, 3.63) is 42.1 Å². The number of pyridine rings is 1. The molecule has 11 nitrogen and oxygen atoms in total. The van der Waals surface area contributed by atoms with Crippen molar-refractivity contribution in [1.29, 1.82) is 0 Å². The SMILES string of the molecule is CC.CC.CC1CC(C)OC(O)C1.CO[C@H](C)[C@@](C)(O)C(O)C(C)N(CCCNCc1ccc2ccccc2n1)C[C@H](C)CC(O)(O)C[C@@H](C)CC(C)C=O. The lowest BCUT2D eigenvalue weighted by molar-refractivity contribution is -0.187. The Kier molecular flexibility index (Phi) is 26.5. The molecule has 11 heteroatoms. The van der Waals surface area contributed by atoms with Crippen LogP contribution in [-0.4, -0.2) is 110 Å². The van der Waals surface area contributed by atoms with Gasteiger partial charge in [0.05, 0.1) is 23.4 Å². The molecule has 1 aliphatic heterocycles. The normalized spacial score (nSPS) is 21.5. The smallest absolute Gasteiger partial charge is 0.163 e. The Morgan fingerprint density at radius 2 is 1.60 bits per heavy atom. The average Bonchev–Trinajstić information content (AvgIpc) is 3.13. The minimum atomic E-state index is -1.86. The minimum Gasteiger partial charge on any atom is -0.388 e. The molecule has 0 spiro atoms. The number of ether oxygens (including phenoxy) is 2. The van der Waals surface area contributed by atoms with Gasteiger partial charge in [-0.05, 0) is 89.9 Å². The fourth-order valence-electron chi connectivity index (χ4n) is 7.28. The molecule has 1 aromatic carbocycles. The maximum absolute atomic E-state index is 11.2. The van der Waals surface area contributed by atoms with E-state index in [4.69, 9.17) is 19.6 Å². The zero-order chi connectivity index (χ0) is 42.4. The molecule has 2 heterocycles. The number of carbonyl (C=O) groups is 1. The zero-order valence-electron chi connectivity index (χ0n) is 36.7. The third kappa shape index (κ3) is 20.3. The maximum Gasteiger partial charge on any atom is 0.163 e. The molecule has 3 rings (SSSR count). The van der Waals surface area contributed by atoms with E-state index in [1.807, 2.05) is 92.6 Å². The first-order chi connectivity index (χ1) is 25.9. The highest BCUT2D eigenvalue weighted by Crippen LogP contribution is 2.28. The van der Waals surface area contributed by atoms with Crippen LogP contribution in [0.2, 0.25) is 0 Å². The van der Waals surface area contributed by atoms with E-state index in [2.05, 4.69) is 23.2 Å². The molecule has 1 fully saturated rings. The summed E-state index contributed by atoms with van der Waals surface area (Å²) in [6.45, 7) is 25.6. The highest BCUT2D eigenvalue weighted by Gasteiger charge is 2.42. The van der Waals surface area contributed by atoms with Crippen LogP contribution in [0.15, 0.2) is 36.4 Å². The predicted molar refractivity (Wildman–Crippen MR) is 224 cm³/mol. The number of benzene rings is 1. The third-order valence-electron chi connectivity index (χ3n) is 10.2. The van der Waals surface area contributed by atoms with Crippen LogP contribution in [-0.2, 0) is 20.8 Å². The Balaban J connectivity index is 0.00000191. The van der Waals surface area contributed by atoms with E-state index in [1.54, 1.807) is 13.8 Å². The van der Waals surface area contributed by atoms with Crippen molar-refractivity contribution >= 4 is 17.2 Å². The second kappa shape index (κ2) is 27.6. The summed E-state index contributed by atoms with van der Waals surface area (Å²) in [7, 11) is 1.51. The van der Waals surface area contributed by atoms with Gasteiger partial charge in [0, 0.05) is 56.8 Å². The molecule has 0 aliphatic carbocycles. The van der Waals surface area contributed by atoms with E-state index < -0.39 is 35.9 Å². The van der Waals surface area contributed by atoms with E-state index in [9.17, 15) is 25.2 Å². The summed E-state index contributed by atoms with van der Waals surface area (Å²) in [5.41, 5.74) is 0.457. The fourth-order valence-corrected chi connectivity index (χ4v) is 7.28. The quantitative estimate of drug-likeness (QED) is 0.0481. The van der Waals surface area contributed by atoms with Crippen molar-refractivity contribution in [1.82, 2.24) is 15.2 Å². The molecule has 2 aromatic rings. The Labute approximate surface area is 334 Å². The summed E-state index contributed by atoms with van der Waals surface area (Å²) in [6, 6.07) is 11.7. The summed E-state index contributed by atoms with van der Waals surface area (Å²) in [4.78, 5) is 17.8. The number of hydrogen-bond acceptors (Lipinski definition) is 11. The summed E-state index contributed by atoms with van der Waals surface area (Å²) < 4.78 is 10.4. The molecule has 320 valence electrons. The van der Waals surface area contributed by atoms with Gasteiger partial charge in [0.1, 0.15) is 18.0 Å². The molecule has 0 amide bonds. The number of methoxy groups -OCH3 is 1. The third-order valence-corrected chi connectivity index (χ3v) is 10.2. The van der Waals surface area contributed by atoms with Crippen LogP contribution in [0.5, 0.6) is 0 Å². The van der Waals surface area contributed by atoms with Crippen LogP contribution in [0.3, 0.4) is 0 Å². The van der Waals surface area contributed by atoms with Gasteiger partial charge in [-0.15, -0.1) is 0 Å². The van der Waals surface area contributed by atoms with Crippen molar-refractivity contribution in [2.75, 3.05) is 26.7 Å². The Bertz CT molecular complexity index is 1260. The van der Waals surface area contributed by atoms with Crippen molar-refractivity contribution in [2.24, 2.45) is 23.7 Å². The van der Waals surface area contributed by atoms with Gasteiger partial charge in [-0.2, -0.15) is 0 Å². The summed E-state index contributed by atoms with van der Waals surface area (Å²) in [5.74, 6) is -1.50. The minimum absolute atomic E-state index is 0.0157. The summed E-state index contributed by atoms with van der Waals surface area (Å²) >= 11 is 0. The number of rotatable bonds is 20. The molecule has 0 radical (unpaired) electrons. The molecule has 1 saturated heterocycles. The molecule has 1 aliphatic rings. The standard InChI is InChI=1S/C33H55N3O6.C7H14O2.2C2H6/c1-23(17-24(2)22-37)18-33(40,41)19-25(3)21-36(26(4)31(38)32(6,39)27(5)42-7)16-10-15-34-20-29-14-13-28-11-8-9-12-30(28)35-29;1-5-3-6(2)9-7(8)4-5;2*1-2/h8-9,11-14,22-27,31,34,38-41H,10,15-21H2,1-7H3;5-8H,3-4H2,1-2H3;2*1-2H3/t23-,24?,25+,26?,27+,31?,32+;;;/m0.../s1. The zero-order valence-corrected chi connectivity index (χ0v) is 36.7. The van der Waals surface area contributed by atoms with Gasteiger partial charge in [-0.25, -0.2) is 0 Å². The van der Waals surface area contributed by atoms with Crippen LogP contribution in [0.4, 0.5) is 0 Å². The maximum atomic E-state index is 11.2. The number of aromatic nitrogens is 1. The highest BCUT2D eigenvalue weighted by molar-refractivity contribution is 5.78. The number of para-hydroxylation sites is 1. The second-order valence-electron chi connectivity index (χ2n) is 15.7. The van der Waals surface area contributed by atoms with Crippen LogP contribution >= 0.6 is 0 Å². The lowest BCUT2D eigenvalue weighted by atomic mass is 9.86. The van der Waals surface area contributed by atoms with Gasteiger partial charge >= 0.3 is 0 Å². The Morgan fingerprint density at radius 3 is 2.18 bits per heavy atom. The number of fused-ring (bicyclic) bond motifs is 1. The van der Waals surface area contributed by atoms with E-state index in [1.165, 1.54) is 7.11 Å². The number of aliphatic hydroxyl groups is 5. The van der Waals surface area contributed by atoms with Crippen LogP contribution in [0.25, 0.3) is 10.9 Å². The van der Waals surface area contributed by atoms with Gasteiger partial charge in [0.2, 0.25) is 0 Å². The molecule has 10 atom stereocenters. The second-order valence-corrected chi connectivity index (χ2v) is 15.7. The van der Waals surface area contributed by atoms with E-state index in [0.717, 1.165) is 48.7 Å². The highest BCUT2D eigenvalue weighted by atomic mass is 16.6. The van der Waals surface area contributed by atoms with Gasteiger partial charge in [-0.3, -0.25) is 9.88 Å². The molecule has 6 unspecified atom stereocenters. The van der Waals surface area contributed by atoms with Crippen molar-refractivity contribution in [3.63, 3.8) is 0 Å². The largest absolute Gasteiger partial charge is 0.388 e.